The maximum Gasteiger partial charge on any atom is 0.327 e. The largest absolute Gasteiger partial charge is 0.391 e. The molecule has 2 heterocycles. The lowest BCUT2D eigenvalue weighted by Gasteiger charge is -2.23. The first-order chi connectivity index (χ1) is 7.13. The van der Waals surface area contributed by atoms with Crippen molar-refractivity contribution in [3.05, 3.63) is 20.8 Å². The molecule has 1 fully saturated rings. The van der Waals surface area contributed by atoms with Gasteiger partial charge in [-0.15, -0.1) is 11.3 Å². The number of hydrogen-bond donors (Lipinski definition) is 0. The van der Waals surface area contributed by atoms with Crippen molar-refractivity contribution in [2.45, 2.75) is 6.54 Å². The SMILES string of the molecule is O=C1CN(Cc2ccc(Br)s2)CC(=O)O1. The highest BCUT2D eigenvalue weighted by atomic mass is 79.9. The summed E-state index contributed by atoms with van der Waals surface area (Å²) in [5, 5.41) is 0. The fourth-order valence-electron chi connectivity index (χ4n) is 1.38. The molecule has 0 N–H and O–H groups in total. The highest BCUT2D eigenvalue weighted by Crippen LogP contribution is 2.23. The van der Waals surface area contributed by atoms with Crippen molar-refractivity contribution >= 4 is 39.2 Å². The summed E-state index contributed by atoms with van der Waals surface area (Å²) in [5.74, 6) is -0.941. The number of cyclic esters (lactones) is 2. The molecule has 0 aromatic carbocycles. The van der Waals surface area contributed by atoms with Crippen LogP contribution >= 0.6 is 27.3 Å². The molecule has 1 aliphatic heterocycles. The Morgan fingerprint density at radius 1 is 1.33 bits per heavy atom. The number of halogens is 1. The van der Waals surface area contributed by atoms with Crippen LogP contribution in [0.1, 0.15) is 4.88 Å². The molecule has 6 heteroatoms. The Bertz CT molecular complexity index is 388. The van der Waals surface area contributed by atoms with Crippen LogP contribution in [0.2, 0.25) is 0 Å². The van der Waals surface area contributed by atoms with Gasteiger partial charge in [-0.1, -0.05) is 0 Å². The number of morpholine rings is 1. The average Bonchev–Trinajstić information content (AvgIpc) is 2.49. The molecule has 0 unspecified atom stereocenters. The summed E-state index contributed by atoms with van der Waals surface area (Å²) in [7, 11) is 0. The first kappa shape index (κ1) is 10.8. The van der Waals surface area contributed by atoms with E-state index in [9.17, 15) is 9.59 Å². The molecule has 1 aromatic heterocycles. The van der Waals surface area contributed by atoms with E-state index in [1.54, 1.807) is 16.2 Å². The lowest BCUT2D eigenvalue weighted by molar-refractivity contribution is -0.167. The first-order valence-corrected chi connectivity index (χ1v) is 5.94. The molecule has 0 aliphatic carbocycles. The van der Waals surface area contributed by atoms with Crippen LogP contribution in [0.3, 0.4) is 0 Å². The van der Waals surface area contributed by atoms with Crippen LogP contribution < -0.4 is 0 Å². The third kappa shape index (κ3) is 2.87. The Hall–Kier alpha value is -0.720. The minimum atomic E-state index is -0.470. The van der Waals surface area contributed by atoms with E-state index in [1.807, 2.05) is 12.1 Å². The van der Waals surface area contributed by atoms with Gasteiger partial charge in [0.1, 0.15) is 0 Å². The Balaban J connectivity index is 2.00. The average molecular weight is 290 g/mol. The second kappa shape index (κ2) is 4.42. The molecule has 0 spiro atoms. The third-order valence-corrected chi connectivity index (χ3v) is 3.55. The molecular formula is C9H8BrNO3S. The predicted molar refractivity (Wildman–Crippen MR) is 58.4 cm³/mol. The summed E-state index contributed by atoms with van der Waals surface area (Å²) in [4.78, 5) is 24.9. The van der Waals surface area contributed by atoms with Gasteiger partial charge in [-0.05, 0) is 28.1 Å². The first-order valence-electron chi connectivity index (χ1n) is 4.33. The summed E-state index contributed by atoms with van der Waals surface area (Å²) in [5.41, 5.74) is 0. The van der Waals surface area contributed by atoms with Gasteiger partial charge in [0.15, 0.2) is 0 Å². The Morgan fingerprint density at radius 2 is 2.00 bits per heavy atom. The Morgan fingerprint density at radius 3 is 2.53 bits per heavy atom. The van der Waals surface area contributed by atoms with Crippen molar-refractivity contribution in [1.29, 1.82) is 0 Å². The number of thiophene rings is 1. The summed E-state index contributed by atoms with van der Waals surface area (Å²) >= 11 is 4.96. The van der Waals surface area contributed by atoms with Gasteiger partial charge in [0, 0.05) is 11.4 Å². The van der Waals surface area contributed by atoms with Crippen LogP contribution in [-0.2, 0) is 20.9 Å². The fraction of sp³-hybridized carbons (Fsp3) is 0.333. The summed E-state index contributed by atoms with van der Waals surface area (Å²) in [6, 6.07) is 3.92. The standard InChI is InChI=1S/C9H8BrNO3S/c10-7-2-1-6(15-7)3-11-4-8(12)14-9(13)5-11/h1-2H,3-5H2. The van der Waals surface area contributed by atoms with E-state index in [2.05, 4.69) is 20.7 Å². The van der Waals surface area contributed by atoms with Crippen LogP contribution in [-0.4, -0.2) is 29.9 Å². The van der Waals surface area contributed by atoms with E-state index < -0.39 is 11.9 Å². The zero-order chi connectivity index (χ0) is 10.8. The van der Waals surface area contributed by atoms with Gasteiger partial charge in [-0.2, -0.15) is 0 Å². The zero-order valence-electron chi connectivity index (χ0n) is 7.73. The monoisotopic (exact) mass is 289 g/mol. The number of rotatable bonds is 2. The molecule has 0 bridgehead atoms. The predicted octanol–water partition coefficient (Wildman–Crippen LogP) is 1.40. The van der Waals surface area contributed by atoms with Crippen LogP contribution in [0, 0.1) is 0 Å². The minimum Gasteiger partial charge on any atom is -0.391 e. The van der Waals surface area contributed by atoms with Crippen LogP contribution in [0.4, 0.5) is 0 Å². The number of hydrogen-bond acceptors (Lipinski definition) is 5. The van der Waals surface area contributed by atoms with Gasteiger partial charge in [-0.25, -0.2) is 0 Å². The second-order valence-corrected chi connectivity index (χ2v) is 5.74. The van der Waals surface area contributed by atoms with Crippen molar-refractivity contribution < 1.29 is 14.3 Å². The van der Waals surface area contributed by atoms with Crippen LogP contribution in [0.25, 0.3) is 0 Å². The topological polar surface area (TPSA) is 46.6 Å². The molecule has 0 saturated carbocycles. The summed E-state index contributed by atoms with van der Waals surface area (Å²) in [6.45, 7) is 0.972. The molecule has 2 rings (SSSR count). The molecule has 0 atom stereocenters. The molecule has 1 saturated heterocycles. The van der Waals surface area contributed by atoms with Crippen LogP contribution in [0.15, 0.2) is 15.9 Å². The van der Waals surface area contributed by atoms with Gasteiger partial charge in [0.05, 0.1) is 16.9 Å². The molecule has 15 heavy (non-hydrogen) atoms. The van der Waals surface area contributed by atoms with Gasteiger partial charge in [0.2, 0.25) is 0 Å². The number of esters is 2. The van der Waals surface area contributed by atoms with Crippen molar-refractivity contribution in [3.63, 3.8) is 0 Å². The van der Waals surface area contributed by atoms with Crippen molar-refractivity contribution in [2.75, 3.05) is 13.1 Å². The lowest BCUT2D eigenvalue weighted by atomic mass is 10.3. The molecule has 4 nitrogen and oxygen atoms in total. The van der Waals surface area contributed by atoms with Gasteiger partial charge < -0.3 is 4.74 Å². The Kier molecular flexibility index (Phi) is 3.18. The fourth-order valence-corrected chi connectivity index (χ4v) is 2.91. The minimum absolute atomic E-state index is 0.182. The van der Waals surface area contributed by atoms with Crippen LogP contribution in [0.5, 0.6) is 0 Å². The third-order valence-electron chi connectivity index (χ3n) is 1.94. The van der Waals surface area contributed by atoms with E-state index >= 15 is 0 Å². The highest BCUT2D eigenvalue weighted by Gasteiger charge is 2.24. The smallest absolute Gasteiger partial charge is 0.327 e. The van der Waals surface area contributed by atoms with Gasteiger partial charge >= 0.3 is 11.9 Å². The number of carbonyl (C=O) groups is 2. The Labute approximate surface area is 99.0 Å². The quantitative estimate of drug-likeness (QED) is 0.610. The highest BCUT2D eigenvalue weighted by molar-refractivity contribution is 9.11. The maximum atomic E-state index is 11.0. The molecule has 0 radical (unpaired) electrons. The van der Waals surface area contributed by atoms with E-state index in [1.165, 1.54) is 0 Å². The number of carbonyl (C=O) groups excluding carboxylic acids is 2. The van der Waals surface area contributed by atoms with Gasteiger partial charge in [0.25, 0.3) is 0 Å². The lowest BCUT2D eigenvalue weighted by Crippen LogP contribution is -2.42. The zero-order valence-corrected chi connectivity index (χ0v) is 10.1. The van der Waals surface area contributed by atoms with Gasteiger partial charge in [-0.3, -0.25) is 14.5 Å². The molecular weight excluding hydrogens is 282 g/mol. The maximum absolute atomic E-state index is 11.0. The summed E-state index contributed by atoms with van der Waals surface area (Å²) < 4.78 is 5.48. The summed E-state index contributed by atoms with van der Waals surface area (Å²) in [6.07, 6.45) is 0. The molecule has 0 amide bonds. The van der Waals surface area contributed by atoms with E-state index in [0.717, 1.165) is 8.66 Å². The molecule has 1 aliphatic rings. The van der Waals surface area contributed by atoms with Crippen molar-refractivity contribution in [3.8, 4) is 0 Å². The normalized spacial score (nSPS) is 17.9. The van der Waals surface area contributed by atoms with E-state index in [-0.39, 0.29) is 13.1 Å². The van der Waals surface area contributed by atoms with Crippen molar-refractivity contribution in [1.82, 2.24) is 4.90 Å². The number of nitrogens with zero attached hydrogens (tertiary/aromatic N) is 1. The van der Waals surface area contributed by atoms with Crippen molar-refractivity contribution in [2.24, 2.45) is 0 Å². The second-order valence-electron chi connectivity index (χ2n) is 3.20. The molecule has 80 valence electrons. The number of ether oxygens (including phenoxy) is 1. The van der Waals surface area contributed by atoms with E-state index in [4.69, 9.17) is 0 Å². The molecule has 1 aromatic rings. The van der Waals surface area contributed by atoms with E-state index in [0.29, 0.717) is 6.54 Å².